The molecule has 0 spiro atoms. The van der Waals surface area contributed by atoms with Gasteiger partial charge in [-0.15, -0.1) is 0 Å². The molecule has 0 saturated carbocycles. The maximum atomic E-state index is 12.3. The molecule has 0 aliphatic rings. The Balaban J connectivity index is 1.78. The number of carbonyl (C=O) groups is 1. The number of nitrogens with one attached hydrogen (secondary N) is 1. The quantitative estimate of drug-likeness (QED) is 0.551. The van der Waals surface area contributed by atoms with Crippen molar-refractivity contribution in [2.45, 2.75) is 40.0 Å². The summed E-state index contributed by atoms with van der Waals surface area (Å²) in [5, 5.41) is 2.82. The number of ether oxygens (including phenoxy) is 1. The molecule has 0 atom stereocenters. The molecule has 2 aromatic rings. The Labute approximate surface area is 180 Å². The van der Waals surface area contributed by atoms with Gasteiger partial charge in [-0.1, -0.05) is 31.2 Å². The van der Waals surface area contributed by atoms with E-state index < -0.39 is 10.0 Å². The van der Waals surface area contributed by atoms with Crippen molar-refractivity contribution in [1.82, 2.24) is 5.32 Å². The molecule has 0 aliphatic carbocycles. The molecule has 0 fully saturated rings. The summed E-state index contributed by atoms with van der Waals surface area (Å²) in [6.07, 6.45) is 2.86. The molecule has 1 N–H and O–H groups in total. The van der Waals surface area contributed by atoms with Crippen LogP contribution in [0.15, 0.2) is 42.5 Å². The summed E-state index contributed by atoms with van der Waals surface area (Å²) in [7, 11) is -3.43. The molecule has 6 nitrogen and oxygen atoms in total. The number of anilines is 1. The van der Waals surface area contributed by atoms with E-state index in [2.05, 4.69) is 12.2 Å². The van der Waals surface area contributed by atoms with Crippen molar-refractivity contribution in [2.24, 2.45) is 0 Å². The minimum atomic E-state index is -3.43. The van der Waals surface area contributed by atoms with Crippen LogP contribution in [-0.2, 0) is 21.2 Å². The van der Waals surface area contributed by atoms with Gasteiger partial charge in [-0.2, -0.15) is 0 Å². The van der Waals surface area contributed by atoms with Crippen molar-refractivity contribution >= 4 is 21.6 Å². The summed E-state index contributed by atoms with van der Waals surface area (Å²) in [5.41, 5.74) is 3.80. The molecule has 0 heterocycles. The average Bonchev–Trinajstić information content (AvgIpc) is 2.70. The van der Waals surface area contributed by atoms with Crippen LogP contribution >= 0.6 is 0 Å². The lowest BCUT2D eigenvalue weighted by molar-refractivity contribution is -0.121. The van der Waals surface area contributed by atoms with Crippen LogP contribution in [0.3, 0.4) is 0 Å². The van der Waals surface area contributed by atoms with E-state index in [1.165, 1.54) is 16.1 Å². The lowest BCUT2D eigenvalue weighted by atomic mass is 10.1. The Morgan fingerprint density at radius 1 is 1.10 bits per heavy atom. The van der Waals surface area contributed by atoms with Gasteiger partial charge < -0.3 is 10.1 Å². The summed E-state index contributed by atoms with van der Waals surface area (Å²) >= 11 is 0. The van der Waals surface area contributed by atoms with Crippen LogP contribution in [0.5, 0.6) is 5.75 Å². The van der Waals surface area contributed by atoms with Crippen LogP contribution in [0.2, 0.25) is 0 Å². The third-order valence-corrected chi connectivity index (χ3v) is 6.00. The third-order valence-electron chi connectivity index (χ3n) is 4.82. The zero-order valence-corrected chi connectivity index (χ0v) is 19.1. The second-order valence-corrected chi connectivity index (χ2v) is 9.33. The number of aryl methyl sites for hydroxylation is 3. The van der Waals surface area contributed by atoms with Crippen LogP contribution in [0.1, 0.15) is 36.5 Å². The van der Waals surface area contributed by atoms with Crippen LogP contribution < -0.4 is 14.4 Å². The van der Waals surface area contributed by atoms with Gasteiger partial charge in [0.1, 0.15) is 12.4 Å². The first-order valence-corrected chi connectivity index (χ1v) is 12.1. The van der Waals surface area contributed by atoms with Crippen molar-refractivity contribution in [2.75, 3.05) is 30.3 Å². The van der Waals surface area contributed by atoms with Crippen LogP contribution in [0.25, 0.3) is 0 Å². The van der Waals surface area contributed by atoms with E-state index in [1.807, 2.05) is 56.3 Å². The van der Waals surface area contributed by atoms with Gasteiger partial charge in [-0.3, -0.25) is 9.10 Å². The topological polar surface area (TPSA) is 75.7 Å². The third kappa shape index (κ3) is 7.37. The number of hydrogen-bond donors (Lipinski definition) is 1. The fraction of sp³-hybridized carbons (Fsp3) is 0.435. The van der Waals surface area contributed by atoms with Gasteiger partial charge in [0.05, 0.1) is 18.5 Å². The number of hydrogen-bond acceptors (Lipinski definition) is 4. The fourth-order valence-corrected chi connectivity index (χ4v) is 4.12. The molecule has 0 saturated heterocycles. The Bertz CT molecular complexity index is 940. The molecule has 0 radical (unpaired) electrons. The van der Waals surface area contributed by atoms with E-state index in [4.69, 9.17) is 4.74 Å². The van der Waals surface area contributed by atoms with Crippen LogP contribution in [0.4, 0.5) is 5.69 Å². The minimum Gasteiger partial charge on any atom is -0.492 e. The number of nitrogens with zero attached hydrogens (tertiary/aromatic N) is 1. The first kappa shape index (κ1) is 23.7. The van der Waals surface area contributed by atoms with Crippen LogP contribution in [0, 0.1) is 13.8 Å². The number of benzene rings is 2. The first-order valence-electron chi connectivity index (χ1n) is 10.2. The highest BCUT2D eigenvalue weighted by Crippen LogP contribution is 2.24. The van der Waals surface area contributed by atoms with Gasteiger partial charge in [-0.05, 0) is 61.6 Å². The van der Waals surface area contributed by atoms with Gasteiger partial charge in [0.2, 0.25) is 15.9 Å². The molecule has 7 heteroatoms. The number of amides is 1. The molecule has 30 heavy (non-hydrogen) atoms. The SMILES string of the molecule is CCc1ccc(OCCNC(=O)CCCN(c2cc(C)ccc2C)S(C)(=O)=O)cc1. The van der Waals surface area contributed by atoms with Crippen molar-refractivity contribution in [3.63, 3.8) is 0 Å². The van der Waals surface area contributed by atoms with Gasteiger partial charge in [0.15, 0.2) is 0 Å². The molecule has 0 unspecified atom stereocenters. The number of rotatable bonds is 11. The smallest absolute Gasteiger partial charge is 0.232 e. The van der Waals surface area contributed by atoms with E-state index in [-0.39, 0.29) is 18.9 Å². The molecule has 0 aromatic heterocycles. The normalized spacial score (nSPS) is 11.2. The van der Waals surface area contributed by atoms with Crippen molar-refractivity contribution in [1.29, 1.82) is 0 Å². The standard InChI is InChI=1S/C23H32N2O4S/c1-5-20-10-12-21(13-11-20)29-16-14-24-23(26)7-6-15-25(30(4,27)28)22-17-18(2)8-9-19(22)3/h8-13,17H,5-7,14-16H2,1-4H3,(H,24,26). The van der Waals surface area contributed by atoms with Crippen molar-refractivity contribution in [3.05, 3.63) is 59.2 Å². The largest absolute Gasteiger partial charge is 0.492 e. The highest BCUT2D eigenvalue weighted by molar-refractivity contribution is 7.92. The lowest BCUT2D eigenvalue weighted by Crippen LogP contribution is -2.33. The number of sulfonamides is 1. The monoisotopic (exact) mass is 432 g/mol. The van der Waals surface area contributed by atoms with E-state index in [0.29, 0.717) is 25.3 Å². The highest BCUT2D eigenvalue weighted by Gasteiger charge is 2.19. The molecule has 0 bridgehead atoms. The average molecular weight is 433 g/mol. The van der Waals surface area contributed by atoms with E-state index in [0.717, 1.165) is 23.3 Å². The van der Waals surface area contributed by atoms with E-state index in [9.17, 15) is 13.2 Å². The maximum absolute atomic E-state index is 12.3. The summed E-state index contributed by atoms with van der Waals surface area (Å²) < 4.78 is 31.5. The van der Waals surface area contributed by atoms with Crippen molar-refractivity contribution in [3.8, 4) is 5.75 Å². The maximum Gasteiger partial charge on any atom is 0.232 e. The van der Waals surface area contributed by atoms with Gasteiger partial charge >= 0.3 is 0 Å². The Morgan fingerprint density at radius 3 is 2.43 bits per heavy atom. The minimum absolute atomic E-state index is 0.116. The Morgan fingerprint density at radius 2 is 1.80 bits per heavy atom. The summed E-state index contributed by atoms with van der Waals surface area (Å²) in [6, 6.07) is 13.6. The molecule has 1 amide bonds. The second kappa shape index (κ2) is 11.0. The molecular weight excluding hydrogens is 400 g/mol. The zero-order chi connectivity index (χ0) is 22.1. The van der Waals surface area contributed by atoms with Crippen molar-refractivity contribution < 1.29 is 17.9 Å². The first-order chi connectivity index (χ1) is 14.2. The lowest BCUT2D eigenvalue weighted by Gasteiger charge is -2.24. The van der Waals surface area contributed by atoms with Gasteiger partial charge in [-0.25, -0.2) is 8.42 Å². The predicted molar refractivity (Wildman–Crippen MR) is 122 cm³/mol. The highest BCUT2D eigenvalue weighted by atomic mass is 32.2. The summed E-state index contributed by atoms with van der Waals surface area (Å²) in [5.74, 6) is 0.660. The van der Waals surface area contributed by atoms with Crippen LogP contribution in [-0.4, -0.2) is 40.3 Å². The summed E-state index contributed by atoms with van der Waals surface area (Å²) in [4.78, 5) is 12.1. The molecule has 0 aliphatic heterocycles. The predicted octanol–water partition coefficient (Wildman–Crippen LogP) is 3.61. The molecule has 2 rings (SSSR count). The second-order valence-electron chi connectivity index (χ2n) is 7.42. The molecule has 164 valence electrons. The zero-order valence-electron chi connectivity index (χ0n) is 18.3. The van der Waals surface area contributed by atoms with E-state index >= 15 is 0 Å². The Kier molecular flexibility index (Phi) is 8.72. The van der Waals surface area contributed by atoms with Gasteiger partial charge in [0, 0.05) is 13.0 Å². The van der Waals surface area contributed by atoms with E-state index in [1.54, 1.807) is 0 Å². The number of carbonyl (C=O) groups excluding carboxylic acids is 1. The fourth-order valence-electron chi connectivity index (χ4n) is 3.11. The van der Waals surface area contributed by atoms with Gasteiger partial charge in [0.25, 0.3) is 0 Å². The Hall–Kier alpha value is -2.54. The summed E-state index contributed by atoms with van der Waals surface area (Å²) in [6.45, 7) is 6.96. The molecule has 2 aromatic carbocycles. The molecular formula is C23H32N2O4S.